The van der Waals surface area contributed by atoms with Crippen LogP contribution < -0.4 is 11.1 Å². The number of carbonyl (C=O) groups is 2. The molecule has 1 atom stereocenters. The number of anilines is 1. The van der Waals surface area contributed by atoms with Gasteiger partial charge in [0.15, 0.2) is 5.13 Å². The molecule has 1 aromatic rings. The predicted octanol–water partition coefficient (Wildman–Crippen LogP) is 0.395. The molecule has 0 unspecified atom stereocenters. The number of hydrogen-bond donors (Lipinski definition) is 2. The third-order valence-corrected chi connectivity index (χ3v) is 4.49. The fraction of sp³-hybridized carbons (Fsp3) is 0.615. The highest BCUT2D eigenvalue weighted by atomic mass is 32.1. The van der Waals surface area contributed by atoms with Crippen LogP contribution in [0.15, 0.2) is 5.38 Å². The van der Waals surface area contributed by atoms with Crippen molar-refractivity contribution >= 4 is 28.3 Å². The maximum atomic E-state index is 12.0. The first-order valence-electron chi connectivity index (χ1n) is 6.90. The van der Waals surface area contributed by atoms with Gasteiger partial charge >= 0.3 is 0 Å². The summed E-state index contributed by atoms with van der Waals surface area (Å²) in [6, 6.07) is 0.401. The lowest BCUT2D eigenvalue weighted by Crippen LogP contribution is -2.34. The molecule has 6 nitrogen and oxygen atoms in total. The summed E-state index contributed by atoms with van der Waals surface area (Å²) in [6.07, 6.45) is 3.20. The first-order chi connectivity index (χ1) is 9.63. The molecule has 0 bridgehead atoms. The quantitative estimate of drug-likeness (QED) is 0.822. The molecule has 1 saturated heterocycles. The van der Waals surface area contributed by atoms with Gasteiger partial charge in [0, 0.05) is 37.4 Å². The minimum atomic E-state index is -0.191. The lowest BCUT2D eigenvalue weighted by atomic mass is 10.1. The smallest absolute Gasteiger partial charge is 0.225 e. The number of hydrogen-bond acceptors (Lipinski definition) is 5. The number of carbonyl (C=O) groups excluding carboxylic acids is 2. The van der Waals surface area contributed by atoms with Crippen LogP contribution in [0, 0.1) is 5.92 Å². The van der Waals surface area contributed by atoms with Gasteiger partial charge in [-0.2, -0.15) is 0 Å². The molecular formula is C13H18N4O2S. The van der Waals surface area contributed by atoms with Crippen molar-refractivity contribution in [2.24, 2.45) is 5.92 Å². The highest BCUT2D eigenvalue weighted by molar-refractivity contribution is 7.13. The zero-order valence-corrected chi connectivity index (χ0v) is 12.0. The molecule has 1 aliphatic carbocycles. The second-order valence-electron chi connectivity index (χ2n) is 5.40. The van der Waals surface area contributed by atoms with Gasteiger partial charge in [0.2, 0.25) is 11.8 Å². The largest absolute Gasteiger partial charge is 0.375 e. The highest BCUT2D eigenvalue weighted by Gasteiger charge is 2.41. The maximum absolute atomic E-state index is 12.0. The summed E-state index contributed by atoms with van der Waals surface area (Å²) < 4.78 is 0. The van der Waals surface area contributed by atoms with Crippen molar-refractivity contribution in [2.75, 3.05) is 18.8 Å². The summed E-state index contributed by atoms with van der Waals surface area (Å²) in [5, 5.41) is 5.34. The van der Waals surface area contributed by atoms with E-state index in [9.17, 15) is 9.59 Å². The van der Waals surface area contributed by atoms with Crippen molar-refractivity contribution in [3.63, 3.8) is 0 Å². The van der Waals surface area contributed by atoms with Crippen molar-refractivity contribution in [3.8, 4) is 0 Å². The summed E-state index contributed by atoms with van der Waals surface area (Å²) in [5.41, 5.74) is 6.45. The van der Waals surface area contributed by atoms with E-state index in [2.05, 4.69) is 10.3 Å². The second-order valence-corrected chi connectivity index (χ2v) is 6.29. The molecule has 2 amide bonds. The molecule has 1 saturated carbocycles. The number of nitrogens with two attached hydrogens (primary N) is 1. The first-order valence-corrected chi connectivity index (χ1v) is 7.78. The van der Waals surface area contributed by atoms with Gasteiger partial charge in [0.1, 0.15) is 0 Å². The van der Waals surface area contributed by atoms with Crippen LogP contribution in [0.25, 0.3) is 0 Å². The molecule has 2 fully saturated rings. The summed E-state index contributed by atoms with van der Waals surface area (Å²) in [7, 11) is 0. The summed E-state index contributed by atoms with van der Waals surface area (Å²) in [5.74, 6) is -0.0896. The summed E-state index contributed by atoms with van der Waals surface area (Å²) in [6.45, 7) is 1.12. The molecule has 108 valence electrons. The van der Waals surface area contributed by atoms with Crippen LogP contribution in [0.5, 0.6) is 0 Å². The van der Waals surface area contributed by atoms with Crippen LogP contribution in [0.1, 0.15) is 25.0 Å². The fourth-order valence-electron chi connectivity index (χ4n) is 2.54. The van der Waals surface area contributed by atoms with Crippen LogP contribution >= 0.6 is 11.3 Å². The highest BCUT2D eigenvalue weighted by Crippen LogP contribution is 2.32. The maximum Gasteiger partial charge on any atom is 0.225 e. The summed E-state index contributed by atoms with van der Waals surface area (Å²) >= 11 is 1.40. The van der Waals surface area contributed by atoms with E-state index in [1.54, 1.807) is 0 Å². The Bertz CT molecular complexity index is 526. The van der Waals surface area contributed by atoms with Gasteiger partial charge < -0.3 is 16.0 Å². The van der Waals surface area contributed by atoms with E-state index in [1.807, 2.05) is 10.3 Å². The normalized spacial score (nSPS) is 22.3. The first kappa shape index (κ1) is 13.4. The molecule has 1 aromatic heterocycles. The molecule has 0 spiro atoms. The SMILES string of the molecule is Nc1nc(CCNC(=O)[C@H]2CC(=O)N(C3CC3)C2)cs1. The number of thiazole rings is 1. The van der Waals surface area contributed by atoms with Crippen molar-refractivity contribution in [1.29, 1.82) is 0 Å². The number of amides is 2. The van der Waals surface area contributed by atoms with Gasteiger partial charge in [-0.1, -0.05) is 0 Å². The van der Waals surface area contributed by atoms with E-state index in [0.29, 0.717) is 37.1 Å². The summed E-state index contributed by atoms with van der Waals surface area (Å²) in [4.78, 5) is 29.8. The number of nitrogen functional groups attached to an aromatic ring is 1. The number of aromatic nitrogens is 1. The van der Waals surface area contributed by atoms with E-state index >= 15 is 0 Å². The number of likely N-dealkylation sites (tertiary alicyclic amines) is 1. The van der Waals surface area contributed by atoms with Crippen LogP contribution in [0.2, 0.25) is 0 Å². The van der Waals surface area contributed by atoms with E-state index in [-0.39, 0.29) is 17.7 Å². The van der Waals surface area contributed by atoms with Gasteiger partial charge in [0.25, 0.3) is 0 Å². The van der Waals surface area contributed by atoms with Crippen LogP contribution in [-0.4, -0.2) is 40.8 Å². The molecule has 2 heterocycles. The molecule has 20 heavy (non-hydrogen) atoms. The van der Waals surface area contributed by atoms with Crippen molar-refractivity contribution in [3.05, 3.63) is 11.1 Å². The Labute approximate surface area is 121 Å². The van der Waals surface area contributed by atoms with Gasteiger partial charge in [-0.15, -0.1) is 11.3 Å². The van der Waals surface area contributed by atoms with Crippen molar-refractivity contribution in [2.45, 2.75) is 31.7 Å². The zero-order valence-electron chi connectivity index (χ0n) is 11.2. The predicted molar refractivity (Wildman–Crippen MR) is 76.1 cm³/mol. The van der Waals surface area contributed by atoms with Crippen LogP contribution in [0.3, 0.4) is 0 Å². The Kier molecular flexibility index (Phi) is 3.60. The van der Waals surface area contributed by atoms with Gasteiger partial charge in [0.05, 0.1) is 11.6 Å². The van der Waals surface area contributed by atoms with E-state index < -0.39 is 0 Å². The van der Waals surface area contributed by atoms with Gasteiger partial charge in [-0.3, -0.25) is 9.59 Å². The lowest BCUT2D eigenvalue weighted by molar-refractivity contribution is -0.129. The Morgan fingerprint density at radius 3 is 3.00 bits per heavy atom. The molecular weight excluding hydrogens is 276 g/mol. The molecule has 3 N–H and O–H groups in total. The number of nitrogens with one attached hydrogen (secondary N) is 1. The monoisotopic (exact) mass is 294 g/mol. The topological polar surface area (TPSA) is 88.3 Å². The average molecular weight is 294 g/mol. The zero-order chi connectivity index (χ0) is 14.1. The molecule has 1 aliphatic heterocycles. The standard InChI is InChI=1S/C13H18N4O2S/c14-13-16-9(7-20-13)3-4-15-12(19)8-5-11(18)17(6-8)10-1-2-10/h7-8,10H,1-6H2,(H2,14,16)(H,15,19)/t8-/m0/s1. The Morgan fingerprint density at radius 2 is 2.35 bits per heavy atom. The Hall–Kier alpha value is -1.63. The third-order valence-electron chi connectivity index (χ3n) is 3.77. The number of rotatable bonds is 5. The van der Waals surface area contributed by atoms with E-state index in [1.165, 1.54) is 11.3 Å². The Morgan fingerprint density at radius 1 is 1.55 bits per heavy atom. The van der Waals surface area contributed by atoms with Crippen molar-refractivity contribution < 1.29 is 9.59 Å². The van der Waals surface area contributed by atoms with Gasteiger partial charge in [-0.05, 0) is 12.8 Å². The average Bonchev–Trinajstić information content (AvgIpc) is 3.06. The molecule has 7 heteroatoms. The Balaban J connectivity index is 1.44. The second kappa shape index (κ2) is 5.40. The lowest BCUT2D eigenvalue weighted by Gasteiger charge is -2.15. The third kappa shape index (κ3) is 2.92. The molecule has 3 rings (SSSR count). The minimum Gasteiger partial charge on any atom is -0.375 e. The van der Waals surface area contributed by atoms with E-state index in [0.717, 1.165) is 18.5 Å². The molecule has 2 aliphatic rings. The van der Waals surface area contributed by atoms with Crippen LogP contribution in [-0.2, 0) is 16.0 Å². The fourth-order valence-corrected chi connectivity index (χ4v) is 3.14. The van der Waals surface area contributed by atoms with Crippen LogP contribution in [0.4, 0.5) is 5.13 Å². The van der Waals surface area contributed by atoms with Crippen molar-refractivity contribution in [1.82, 2.24) is 15.2 Å². The van der Waals surface area contributed by atoms with E-state index in [4.69, 9.17) is 5.73 Å². The molecule has 0 aromatic carbocycles. The minimum absolute atomic E-state index is 0.0234. The van der Waals surface area contributed by atoms with Gasteiger partial charge in [-0.25, -0.2) is 4.98 Å². The molecule has 0 radical (unpaired) electrons. The number of nitrogens with zero attached hydrogens (tertiary/aromatic N) is 2.